The lowest BCUT2D eigenvalue weighted by atomic mass is 10.1. The molecule has 0 radical (unpaired) electrons. The molecule has 0 aliphatic rings. The van der Waals surface area contributed by atoms with Gasteiger partial charge in [0.2, 0.25) is 5.95 Å². The summed E-state index contributed by atoms with van der Waals surface area (Å²) in [4.78, 5) is 25.7. The number of anilines is 4. The molecule has 0 aliphatic heterocycles. The number of aromatic nitrogens is 5. The van der Waals surface area contributed by atoms with Gasteiger partial charge in [-0.15, -0.1) is 4.52 Å². The molecule has 1 aromatic carbocycles. The Labute approximate surface area is 276 Å². The fourth-order valence-corrected chi connectivity index (χ4v) is 5.43. The first-order valence-electron chi connectivity index (χ1n) is 15.1. The molecular weight excluding hydrogens is 652 g/mol. The fraction of sp³-hybridized carbons (Fsp3) is 0.387. The van der Waals surface area contributed by atoms with Crippen LogP contribution in [0.1, 0.15) is 54.0 Å². The Kier molecular flexibility index (Phi) is 12.4. The van der Waals surface area contributed by atoms with E-state index in [0.717, 1.165) is 6.42 Å². The number of aliphatic hydroxyl groups excluding tert-OH is 1. The van der Waals surface area contributed by atoms with Crippen molar-refractivity contribution in [3.05, 3.63) is 65.2 Å². The summed E-state index contributed by atoms with van der Waals surface area (Å²) in [6.07, 6.45) is -0.0292. The van der Waals surface area contributed by atoms with Crippen molar-refractivity contribution in [3.63, 3.8) is 0 Å². The molecule has 256 valence electrons. The van der Waals surface area contributed by atoms with Crippen LogP contribution in [0, 0.1) is 0 Å². The summed E-state index contributed by atoms with van der Waals surface area (Å²) in [5, 5.41) is 21.4. The molecular formula is C31H37F3N8O5P+. The molecule has 1 amide bonds. The number of methoxy groups -OCH3 is 1. The topological polar surface area (TPSA) is 165 Å². The van der Waals surface area contributed by atoms with Gasteiger partial charge in [0.25, 0.3) is 5.91 Å². The van der Waals surface area contributed by atoms with Crippen LogP contribution in [0.25, 0.3) is 11.3 Å². The van der Waals surface area contributed by atoms with E-state index in [1.807, 2.05) is 6.92 Å². The number of carbonyl (C=O) groups excluding carboxylic acids is 1. The quantitative estimate of drug-likeness (QED) is 0.0987. The van der Waals surface area contributed by atoms with E-state index in [9.17, 15) is 22.5 Å². The first-order chi connectivity index (χ1) is 23.0. The average Bonchev–Trinajstić information content (AvgIpc) is 3.55. The number of pyridine rings is 1. The molecule has 1 atom stereocenters. The van der Waals surface area contributed by atoms with E-state index in [0.29, 0.717) is 47.4 Å². The standard InChI is InChI=1S/C31H36F3N8O5P/c1-5-14-48(45)47-18-19-8-9-23(25(15-19)46-4)40-30-39-21(6-2)26(31(32,33)34)28(41-30)38-24-11-10-22(37-27(24)29(44)35-3)20-16-36-42(17-20)12-7-13-43/h8-11,15-17,43H,5-7,12-14,18H2,1-4H3,(H2-,35,38,39,40,41,44)/p+1. The van der Waals surface area contributed by atoms with Crippen LogP contribution in [-0.2, 0) is 34.8 Å². The molecule has 0 spiro atoms. The van der Waals surface area contributed by atoms with Crippen LogP contribution in [0.5, 0.6) is 5.75 Å². The summed E-state index contributed by atoms with van der Waals surface area (Å²) in [5.74, 6) is -1.05. The Morgan fingerprint density at radius 2 is 1.85 bits per heavy atom. The molecule has 48 heavy (non-hydrogen) atoms. The molecule has 13 nitrogen and oxygen atoms in total. The second-order valence-corrected chi connectivity index (χ2v) is 11.8. The zero-order chi connectivity index (χ0) is 34.8. The van der Waals surface area contributed by atoms with Gasteiger partial charge in [0.05, 0.1) is 36.1 Å². The number of hydrogen-bond donors (Lipinski definition) is 4. The summed E-state index contributed by atoms with van der Waals surface area (Å²) < 4.78 is 67.9. The largest absolute Gasteiger partial charge is 0.508 e. The third kappa shape index (κ3) is 9.02. The Balaban J connectivity index is 1.71. The van der Waals surface area contributed by atoms with E-state index in [1.165, 1.54) is 27.1 Å². The summed E-state index contributed by atoms with van der Waals surface area (Å²) in [7, 11) is 1.01. The molecule has 3 heterocycles. The molecule has 3 aromatic heterocycles. The number of benzene rings is 1. The molecule has 0 bridgehead atoms. The lowest BCUT2D eigenvalue weighted by Gasteiger charge is -2.20. The maximum atomic E-state index is 14.5. The van der Waals surface area contributed by atoms with E-state index >= 15 is 0 Å². The molecule has 17 heteroatoms. The zero-order valence-electron chi connectivity index (χ0n) is 26.9. The maximum absolute atomic E-state index is 14.5. The van der Waals surface area contributed by atoms with Gasteiger partial charge in [0.15, 0.2) is 11.9 Å². The van der Waals surface area contributed by atoms with E-state index in [-0.39, 0.29) is 42.7 Å². The first-order valence-corrected chi connectivity index (χ1v) is 16.5. The number of amides is 1. The number of carbonyl (C=O) groups is 1. The van der Waals surface area contributed by atoms with Crippen molar-refractivity contribution < 1.29 is 36.9 Å². The van der Waals surface area contributed by atoms with Crippen molar-refractivity contribution in [2.75, 3.05) is 37.6 Å². The Morgan fingerprint density at radius 1 is 1.08 bits per heavy atom. The van der Waals surface area contributed by atoms with Crippen LogP contribution in [-0.4, -0.2) is 62.7 Å². The monoisotopic (exact) mass is 689 g/mol. The van der Waals surface area contributed by atoms with Crippen molar-refractivity contribution in [1.82, 2.24) is 30.0 Å². The number of hydrogen-bond acceptors (Lipinski definition) is 11. The number of nitrogens with one attached hydrogen (secondary N) is 3. The van der Waals surface area contributed by atoms with Gasteiger partial charge in [-0.3, -0.25) is 9.48 Å². The third-order valence-electron chi connectivity index (χ3n) is 6.96. The number of aryl methyl sites for hydroxylation is 2. The Bertz CT molecular complexity index is 1750. The minimum absolute atomic E-state index is 0.00653. The van der Waals surface area contributed by atoms with Crippen LogP contribution < -0.4 is 20.7 Å². The lowest BCUT2D eigenvalue weighted by Crippen LogP contribution is -2.22. The number of halogens is 3. The molecule has 1 unspecified atom stereocenters. The average molecular weight is 690 g/mol. The van der Waals surface area contributed by atoms with Crippen LogP contribution >= 0.6 is 8.03 Å². The first kappa shape index (κ1) is 36.2. The Morgan fingerprint density at radius 3 is 2.52 bits per heavy atom. The highest BCUT2D eigenvalue weighted by molar-refractivity contribution is 7.39. The SMILES string of the molecule is CCC[P+](=O)OCc1ccc(Nc2nc(CC)c(C(F)(F)F)c(Nc3ccc(-c4cnn(CCCO)c4)nc3C(=O)NC)n2)c(OC)c1. The van der Waals surface area contributed by atoms with Gasteiger partial charge in [-0.2, -0.15) is 23.3 Å². The molecule has 0 saturated heterocycles. The van der Waals surface area contributed by atoms with Crippen molar-refractivity contribution >= 4 is 37.1 Å². The molecule has 0 fully saturated rings. The van der Waals surface area contributed by atoms with Crippen molar-refractivity contribution in [2.45, 2.75) is 52.4 Å². The summed E-state index contributed by atoms with van der Waals surface area (Å²) in [6, 6.07) is 7.97. The molecule has 0 saturated carbocycles. The molecule has 4 N–H and O–H groups in total. The van der Waals surface area contributed by atoms with Crippen LogP contribution in [0.3, 0.4) is 0 Å². The van der Waals surface area contributed by atoms with E-state index < -0.39 is 31.5 Å². The normalized spacial score (nSPS) is 11.7. The minimum atomic E-state index is -4.84. The number of alkyl halides is 3. The summed E-state index contributed by atoms with van der Waals surface area (Å²) >= 11 is 0. The Hall–Kier alpha value is -4.66. The van der Waals surface area contributed by atoms with Crippen molar-refractivity contribution in [2.24, 2.45) is 0 Å². The number of aliphatic hydroxyl groups is 1. The summed E-state index contributed by atoms with van der Waals surface area (Å²) in [5.41, 5.74) is 0.414. The second kappa shape index (κ2) is 16.4. The van der Waals surface area contributed by atoms with Gasteiger partial charge in [0.1, 0.15) is 23.7 Å². The highest BCUT2D eigenvalue weighted by Gasteiger charge is 2.39. The van der Waals surface area contributed by atoms with Crippen LogP contribution in [0.2, 0.25) is 0 Å². The van der Waals surface area contributed by atoms with Gasteiger partial charge in [0, 0.05) is 32.0 Å². The predicted molar refractivity (Wildman–Crippen MR) is 174 cm³/mol. The van der Waals surface area contributed by atoms with Gasteiger partial charge in [-0.1, -0.05) is 19.9 Å². The highest BCUT2D eigenvalue weighted by Crippen LogP contribution is 2.39. The molecule has 4 aromatic rings. The lowest BCUT2D eigenvalue weighted by molar-refractivity contribution is -0.138. The summed E-state index contributed by atoms with van der Waals surface area (Å²) in [6.45, 7) is 3.99. The van der Waals surface area contributed by atoms with Crippen LogP contribution in [0.4, 0.5) is 36.3 Å². The van der Waals surface area contributed by atoms with E-state index in [1.54, 1.807) is 41.3 Å². The molecule has 4 rings (SSSR count). The van der Waals surface area contributed by atoms with Crippen LogP contribution in [0.15, 0.2) is 42.7 Å². The number of rotatable bonds is 16. The molecule has 0 aliphatic carbocycles. The van der Waals surface area contributed by atoms with Crippen molar-refractivity contribution in [1.29, 1.82) is 0 Å². The van der Waals surface area contributed by atoms with Gasteiger partial charge in [-0.25, -0.2) is 9.97 Å². The van der Waals surface area contributed by atoms with Crippen molar-refractivity contribution in [3.8, 4) is 17.0 Å². The zero-order valence-corrected chi connectivity index (χ0v) is 27.8. The van der Waals surface area contributed by atoms with Gasteiger partial charge >= 0.3 is 14.2 Å². The van der Waals surface area contributed by atoms with E-state index in [2.05, 4.69) is 36.0 Å². The number of ether oxygens (including phenoxy) is 1. The van der Waals surface area contributed by atoms with E-state index in [4.69, 9.17) is 14.4 Å². The third-order valence-corrected chi connectivity index (χ3v) is 8.19. The fourth-order valence-electron chi connectivity index (χ4n) is 4.64. The van der Waals surface area contributed by atoms with Gasteiger partial charge < -0.3 is 25.8 Å². The predicted octanol–water partition coefficient (Wildman–Crippen LogP) is 6.22. The highest BCUT2D eigenvalue weighted by atomic mass is 31.1. The van der Waals surface area contributed by atoms with Gasteiger partial charge in [-0.05, 0) is 53.7 Å². The minimum Gasteiger partial charge on any atom is -0.495 e. The smallest absolute Gasteiger partial charge is 0.495 e. The number of nitrogens with zero attached hydrogens (tertiary/aromatic N) is 5. The maximum Gasteiger partial charge on any atom is 0.508 e. The second-order valence-electron chi connectivity index (χ2n) is 10.4.